The predicted molar refractivity (Wildman–Crippen MR) is 84.5 cm³/mol. The van der Waals surface area contributed by atoms with Gasteiger partial charge in [0.2, 0.25) is 0 Å². The summed E-state index contributed by atoms with van der Waals surface area (Å²) in [5.74, 6) is -0.294. The molecule has 1 N–H and O–H groups in total. The highest BCUT2D eigenvalue weighted by atomic mass is 79.9. The molecule has 3 rings (SSSR count). The van der Waals surface area contributed by atoms with Crippen LogP contribution >= 0.6 is 27.3 Å². The number of halogens is 1. The molecule has 21 heavy (non-hydrogen) atoms. The lowest BCUT2D eigenvalue weighted by Crippen LogP contribution is -2.13. The van der Waals surface area contributed by atoms with Crippen LogP contribution in [0, 0.1) is 11.3 Å². The molecule has 0 spiro atoms. The van der Waals surface area contributed by atoms with Crippen LogP contribution in [-0.4, -0.2) is 15.7 Å². The normalized spacial score (nSPS) is 13.6. The Kier molecular flexibility index (Phi) is 3.83. The fraction of sp³-hybridized carbons (Fsp3) is 0.357. The van der Waals surface area contributed by atoms with Gasteiger partial charge >= 0.3 is 0 Å². The van der Waals surface area contributed by atoms with Gasteiger partial charge < -0.3 is 5.32 Å². The Morgan fingerprint density at radius 3 is 2.95 bits per heavy atom. The summed E-state index contributed by atoms with van der Waals surface area (Å²) < 4.78 is 2.21. The zero-order valence-corrected chi connectivity index (χ0v) is 13.8. The second-order valence-corrected chi connectivity index (χ2v) is 6.94. The topological polar surface area (TPSA) is 70.7 Å². The first-order valence-electron chi connectivity index (χ1n) is 6.65. The number of aryl methyl sites for hydroxylation is 2. The molecule has 1 amide bonds. The van der Waals surface area contributed by atoms with Gasteiger partial charge in [-0.3, -0.25) is 9.48 Å². The smallest absolute Gasteiger partial charge is 0.277 e. The van der Waals surface area contributed by atoms with Crippen molar-refractivity contribution >= 4 is 38.2 Å². The molecule has 5 nitrogen and oxygen atoms in total. The second kappa shape index (κ2) is 5.62. The lowest BCUT2D eigenvalue weighted by Gasteiger charge is -2.09. The summed E-state index contributed by atoms with van der Waals surface area (Å²) in [6.45, 7) is 0. The third-order valence-corrected chi connectivity index (χ3v) is 5.30. The van der Waals surface area contributed by atoms with Crippen LogP contribution in [0.15, 0.2) is 10.7 Å². The molecule has 0 saturated heterocycles. The number of hydrogen-bond donors (Lipinski definition) is 1. The molecule has 108 valence electrons. The quantitative estimate of drug-likeness (QED) is 0.888. The Morgan fingerprint density at radius 1 is 1.52 bits per heavy atom. The van der Waals surface area contributed by atoms with Gasteiger partial charge in [-0.25, -0.2) is 0 Å². The zero-order valence-electron chi connectivity index (χ0n) is 11.4. The highest BCUT2D eigenvalue weighted by Gasteiger charge is 2.23. The van der Waals surface area contributed by atoms with Gasteiger partial charge in [0.1, 0.15) is 11.1 Å². The molecule has 0 fully saturated rings. The van der Waals surface area contributed by atoms with Crippen molar-refractivity contribution in [2.24, 2.45) is 7.05 Å². The molecule has 1 aliphatic rings. The van der Waals surface area contributed by atoms with E-state index in [9.17, 15) is 10.1 Å². The van der Waals surface area contributed by atoms with E-state index < -0.39 is 0 Å². The van der Waals surface area contributed by atoms with E-state index in [4.69, 9.17) is 0 Å². The van der Waals surface area contributed by atoms with Gasteiger partial charge in [0.25, 0.3) is 5.91 Å². The van der Waals surface area contributed by atoms with Crippen molar-refractivity contribution in [3.63, 3.8) is 0 Å². The first-order chi connectivity index (χ1) is 10.1. The molecular weight excluding hydrogens is 352 g/mol. The van der Waals surface area contributed by atoms with E-state index in [0.29, 0.717) is 20.7 Å². The summed E-state index contributed by atoms with van der Waals surface area (Å²) in [6, 6.07) is 2.24. The lowest BCUT2D eigenvalue weighted by molar-refractivity contribution is 0.102. The van der Waals surface area contributed by atoms with Crippen molar-refractivity contribution in [1.29, 1.82) is 5.26 Å². The van der Waals surface area contributed by atoms with Gasteiger partial charge in [-0.1, -0.05) is 0 Å². The molecule has 2 aromatic rings. The number of nitriles is 1. The molecule has 0 atom stereocenters. The number of fused-ring (bicyclic) bond motifs is 1. The number of carbonyl (C=O) groups excluding carboxylic acids is 1. The standard InChI is InChI=1S/C14H13BrN4OS/c1-19-7-10(15)12(18-19)13(20)17-14-9(6-16)8-4-2-3-5-11(8)21-14/h7H,2-5H2,1H3,(H,17,20). The van der Waals surface area contributed by atoms with Gasteiger partial charge in [-0.2, -0.15) is 10.4 Å². The Hall–Kier alpha value is -1.65. The molecule has 0 radical (unpaired) electrons. The minimum atomic E-state index is -0.294. The van der Waals surface area contributed by atoms with Crippen LogP contribution in [0.3, 0.4) is 0 Å². The minimum absolute atomic E-state index is 0.294. The average molecular weight is 365 g/mol. The first kappa shape index (κ1) is 14.3. The predicted octanol–water partition coefficient (Wildman–Crippen LogP) is 3.25. The monoisotopic (exact) mass is 364 g/mol. The van der Waals surface area contributed by atoms with Crippen molar-refractivity contribution in [3.8, 4) is 6.07 Å². The Bertz CT molecular complexity index is 756. The van der Waals surface area contributed by atoms with Crippen LogP contribution in [0.25, 0.3) is 0 Å². The molecule has 0 aromatic carbocycles. The third-order valence-electron chi connectivity index (χ3n) is 3.51. The summed E-state index contributed by atoms with van der Waals surface area (Å²) in [5, 5.41) is 17.0. The van der Waals surface area contributed by atoms with Crippen LogP contribution in [-0.2, 0) is 19.9 Å². The maximum absolute atomic E-state index is 12.3. The van der Waals surface area contributed by atoms with E-state index in [0.717, 1.165) is 31.2 Å². The molecule has 7 heteroatoms. The molecule has 0 saturated carbocycles. The SMILES string of the molecule is Cn1cc(Br)c(C(=O)Nc2sc3c(c2C#N)CCCC3)n1. The van der Waals surface area contributed by atoms with Crippen molar-refractivity contribution in [2.75, 3.05) is 5.32 Å². The van der Waals surface area contributed by atoms with Crippen LogP contribution in [0.2, 0.25) is 0 Å². The molecule has 2 heterocycles. The number of hydrogen-bond acceptors (Lipinski definition) is 4. The van der Waals surface area contributed by atoms with Crippen molar-refractivity contribution in [3.05, 3.63) is 32.4 Å². The molecule has 1 aliphatic carbocycles. The van der Waals surface area contributed by atoms with Crippen LogP contribution in [0.4, 0.5) is 5.00 Å². The Balaban J connectivity index is 1.92. The summed E-state index contributed by atoms with van der Waals surface area (Å²) >= 11 is 4.84. The van der Waals surface area contributed by atoms with E-state index in [-0.39, 0.29) is 5.91 Å². The van der Waals surface area contributed by atoms with Crippen molar-refractivity contribution in [1.82, 2.24) is 9.78 Å². The van der Waals surface area contributed by atoms with E-state index in [1.807, 2.05) is 0 Å². The number of amides is 1. The molecule has 2 aromatic heterocycles. The zero-order chi connectivity index (χ0) is 15.0. The Morgan fingerprint density at radius 2 is 2.29 bits per heavy atom. The largest absolute Gasteiger partial charge is 0.311 e. The van der Waals surface area contributed by atoms with Gasteiger partial charge in [-0.15, -0.1) is 11.3 Å². The maximum atomic E-state index is 12.3. The lowest BCUT2D eigenvalue weighted by atomic mass is 9.96. The summed E-state index contributed by atoms with van der Waals surface area (Å²) in [7, 11) is 1.76. The second-order valence-electron chi connectivity index (χ2n) is 4.98. The molecule has 0 unspecified atom stereocenters. The highest BCUT2D eigenvalue weighted by molar-refractivity contribution is 9.10. The highest BCUT2D eigenvalue weighted by Crippen LogP contribution is 2.37. The fourth-order valence-electron chi connectivity index (χ4n) is 2.55. The number of anilines is 1. The van der Waals surface area contributed by atoms with E-state index in [1.165, 1.54) is 16.2 Å². The van der Waals surface area contributed by atoms with Crippen LogP contribution in [0.5, 0.6) is 0 Å². The number of carbonyl (C=O) groups is 1. The van der Waals surface area contributed by atoms with E-state index in [1.54, 1.807) is 17.9 Å². The summed E-state index contributed by atoms with van der Waals surface area (Å²) in [6.07, 6.45) is 5.91. The van der Waals surface area contributed by atoms with Gasteiger partial charge in [0, 0.05) is 18.1 Å². The van der Waals surface area contributed by atoms with Gasteiger partial charge in [-0.05, 0) is 47.2 Å². The molecule has 0 aliphatic heterocycles. The number of aromatic nitrogens is 2. The molecule has 0 bridgehead atoms. The number of rotatable bonds is 2. The van der Waals surface area contributed by atoms with Crippen LogP contribution in [0.1, 0.15) is 39.3 Å². The maximum Gasteiger partial charge on any atom is 0.277 e. The third kappa shape index (κ3) is 2.61. The van der Waals surface area contributed by atoms with E-state index >= 15 is 0 Å². The average Bonchev–Trinajstić information content (AvgIpc) is 2.97. The summed E-state index contributed by atoms with van der Waals surface area (Å²) in [5.41, 5.74) is 2.06. The number of nitrogens with zero attached hydrogens (tertiary/aromatic N) is 3. The molecular formula is C14H13BrN4OS. The Labute approximate surface area is 134 Å². The first-order valence-corrected chi connectivity index (χ1v) is 8.26. The van der Waals surface area contributed by atoms with Crippen molar-refractivity contribution < 1.29 is 4.79 Å². The minimum Gasteiger partial charge on any atom is -0.311 e. The number of thiophene rings is 1. The van der Waals surface area contributed by atoms with E-state index in [2.05, 4.69) is 32.4 Å². The van der Waals surface area contributed by atoms with Crippen molar-refractivity contribution in [2.45, 2.75) is 25.7 Å². The van der Waals surface area contributed by atoms with Gasteiger partial charge in [0.15, 0.2) is 5.69 Å². The fourth-order valence-corrected chi connectivity index (χ4v) is 4.34. The van der Waals surface area contributed by atoms with Crippen LogP contribution < -0.4 is 5.32 Å². The van der Waals surface area contributed by atoms with Gasteiger partial charge in [0.05, 0.1) is 10.0 Å². The number of nitrogens with one attached hydrogen (secondary N) is 1. The summed E-state index contributed by atoms with van der Waals surface area (Å²) in [4.78, 5) is 13.5.